The third kappa shape index (κ3) is 3.30. The number of nitrogens with one attached hydrogen (secondary N) is 1. The maximum atomic E-state index is 12.5. The van der Waals surface area contributed by atoms with Gasteiger partial charge in [0.25, 0.3) is 5.56 Å². The first-order chi connectivity index (χ1) is 13.5. The molecular weight excluding hydrogens is 374 g/mol. The van der Waals surface area contributed by atoms with Crippen molar-refractivity contribution in [3.8, 4) is 0 Å². The van der Waals surface area contributed by atoms with Crippen LogP contribution >= 0.6 is 11.8 Å². The molecule has 3 atom stereocenters. The van der Waals surface area contributed by atoms with Gasteiger partial charge in [0.1, 0.15) is 0 Å². The summed E-state index contributed by atoms with van der Waals surface area (Å²) in [6.45, 7) is 4.48. The molecule has 1 aliphatic rings. The number of amides is 1. The lowest BCUT2D eigenvalue weighted by Crippen LogP contribution is -2.44. The van der Waals surface area contributed by atoms with Crippen molar-refractivity contribution in [2.24, 2.45) is 18.9 Å². The molecule has 4 rings (SSSR count). The summed E-state index contributed by atoms with van der Waals surface area (Å²) in [5.41, 5.74) is 0.647. The summed E-state index contributed by atoms with van der Waals surface area (Å²) in [4.78, 5) is 25.0. The Kier molecular flexibility index (Phi) is 5.14. The Hall–Kier alpha value is -2.35. The van der Waals surface area contributed by atoms with E-state index in [1.807, 2.05) is 22.6 Å². The van der Waals surface area contributed by atoms with Crippen molar-refractivity contribution >= 4 is 34.3 Å². The van der Waals surface area contributed by atoms with E-state index in [0.717, 1.165) is 11.9 Å². The highest BCUT2D eigenvalue weighted by atomic mass is 32.2. The zero-order chi connectivity index (χ0) is 19.8. The van der Waals surface area contributed by atoms with E-state index in [2.05, 4.69) is 29.4 Å². The second kappa shape index (κ2) is 7.58. The molecule has 0 saturated heterocycles. The van der Waals surface area contributed by atoms with E-state index in [9.17, 15) is 9.59 Å². The number of thioether (sulfide) groups is 1. The summed E-state index contributed by atoms with van der Waals surface area (Å²) in [7, 11) is 1.69. The van der Waals surface area contributed by atoms with E-state index in [4.69, 9.17) is 0 Å². The fraction of sp³-hybridized carbons (Fsp3) is 0.500. The highest BCUT2D eigenvalue weighted by Gasteiger charge is 2.28. The molecule has 0 spiro atoms. The van der Waals surface area contributed by atoms with Crippen LogP contribution in [0.2, 0.25) is 0 Å². The SMILES string of the molecule is CC1CCCC(NC(=O)CSc2nnc3n(C)c(=O)c4ccccc4n23)C1C. The van der Waals surface area contributed by atoms with Gasteiger partial charge in [-0.05, 0) is 30.4 Å². The van der Waals surface area contributed by atoms with E-state index in [1.54, 1.807) is 13.1 Å². The van der Waals surface area contributed by atoms with Gasteiger partial charge in [0.2, 0.25) is 11.7 Å². The van der Waals surface area contributed by atoms with E-state index in [1.165, 1.54) is 29.2 Å². The lowest BCUT2D eigenvalue weighted by atomic mass is 9.78. The van der Waals surface area contributed by atoms with Crippen LogP contribution in [0, 0.1) is 11.8 Å². The molecule has 8 heteroatoms. The van der Waals surface area contributed by atoms with Crippen LogP contribution in [0.5, 0.6) is 0 Å². The Morgan fingerprint density at radius 1 is 1.25 bits per heavy atom. The molecule has 1 aliphatic carbocycles. The lowest BCUT2D eigenvalue weighted by Gasteiger charge is -2.34. The molecule has 2 aromatic heterocycles. The molecule has 1 saturated carbocycles. The Bertz CT molecular complexity index is 1090. The van der Waals surface area contributed by atoms with E-state index < -0.39 is 0 Å². The van der Waals surface area contributed by atoms with Gasteiger partial charge in [-0.1, -0.05) is 50.6 Å². The maximum absolute atomic E-state index is 12.5. The Labute approximate surface area is 167 Å². The minimum absolute atomic E-state index is 0.0156. The van der Waals surface area contributed by atoms with Crippen LogP contribution in [0.15, 0.2) is 34.2 Å². The monoisotopic (exact) mass is 399 g/mol. The van der Waals surface area contributed by atoms with Crippen molar-refractivity contribution in [2.45, 2.75) is 44.3 Å². The number of rotatable bonds is 4. The highest BCUT2D eigenvalue weighted by Crippen LogP contribution is 2.29. The maximum Gasteiger partial charge on any atom is 0.262 e. The normalized spacial score (nSPS) is 22.6. The number of para-hydroxylation sites is 1. The number of benzene rings is 1. The second-order valence-electron chi connectivity index (χ2n) is 7.73. The van der Waals surface area contributed by atoms with Crippen molar-refractivity contribution in [3.63, 3.8) is 0 Å². The van der Waals surface area contributed by atoms with Gasteiger partial charge >= 0.3 is 0 Å². The highest BCUT2D eigenvalue weighted by molar-refractivity contribution is 7.99. The summed E-state index contributed by atoms with van der Waals surface area (Å²) in [6.07, 6.45) is 3.45. The molecule has 3 unspecified atom stereocenters. The minimum Gasteiger partial charge on any atom is -0.352 e. The van der Waals surface area contributed by atoms with E-state index >= 15 is 0 Å². The average molecular weight is 400 g/mol. The molecule has 1 amide bonds. The van der Waals surface area contributed by atoms with Crippen LogP contribution in [0.3, 0.4) is 0 Å². The number of hydrogen-bond acceptors (Lipinski definition) is 5. The van der Waals surface area contributed by atoms with E-state index in [0.29, 0.717) is 28.2 Å². The van der Waals surface area contributed by atoms with Gasteiger partial charge in [0.15, 0.2) is 5.16 Å². The molecule has 28 heavy (non-hydrogen) atoms. The molecule has 0 radical (unpaired) electrons. The van der Waals surface area contributed by atoms with Gasteiger partial charge < -0.3 is 5.32 Å². The van der Waals surface area contributed by atoms with Gasteiger partial charge in [-0.25, -0.2) is 0 Å². The first kappa shape index (κ1) is 19.0. The number of aryl methyl sites for hydroxylation is 1. The van der Waals surface area contributed by atoms with Gasteiger partial charge in [0.05, 0.1) is 16.7 Å². The number of hydrogen-bond donors (Lipinski definition) is 1. The van der Waals surface area contributed by atoms with Gasteiger partial charge in [-0.2, -0.15) is 0 Å². The fourth-order valence-electron chi connectivity index (χ4n) is 4.07. The standard InChI is InChI=1S/C20H25N5O2S/c1-12-7-6-9-15(13(12)2)21-17(26)11-28-20-23-22-19-24(3)18(27)14-8-4-5-10-16(14)25(19)20/h4-5,8,10,12-13,15H,6-7,9,11H2,1-3H3,(H,21,26). The third-order valence-corrected chi connectivity index (χ3v) is 6.91. The van der Waals surface area contributed by atoms with Crippen LogP contribution in [-0.4, -0.2) is 36.9 Å². The summed E-state index contributed by atoms with van der Waals surface area (Å²) in [6, 6.07) is 7.64. The summed E-state index contributed by atoms with van der Waals surface area (Å²) in [5.74, 6) is 1.90. The van der Waals surface area contributed by atoms with E-state index in [-0.39, 0.29) is 23.3 Å². The third-order valence-electron chi connectivity index (χ3n) is 5.98. The number of carbonyl (C=O) groups excluding carboxylic acids is 1. The predicted octanol–water partition coefficient (Wildman–Crippen LogP) is 2.61. The van der Waals surface area contributed by atoms with Gasteiger partial charge in [0, 0.05) is 13.1 Å². The summed E-state index contributed by atoms with van der Waals surface area (Å²) >= 11 is 1.35. The molecule has 3 aromatic rings. The Morgan fingerprint density at radius 3 is 2.86 bits per heavy atom. The molecule has 1 fully saturated rings. The van der Waals surface area contributed by atoms with Crippen molar-refractivity contribution < 1.29 is 4.79 Å². The van der Waals surface area contributed by atoms with Crippen LogP contribution in [0.1, 0.15) is 33.1 Å². The van der Waals surface area contributed by atoms with Gasteiger partial charge in [-0.15, -0.1) is 10.2 Å². The topological polar surface area (TPSA) is 81.3 Å². The molecule has 7 nitrogen and oxygen atoms in total. The Balaban J connectivity index is 1.56. The second-order valence-corrected chi connectivity index (χ2v) is 8.67. The van der Waals surface area contributed by atoms with Crippen molar-refractivity contribution in [1.29, 1.82) is 0 Å². The van der Waals surface area contributed by atoms with Crippen LogP contribution < -0.4 is 10.9 Å². The molecule has 1 N–H and O–H groups in total. The number of nitrogens with zero attached hydrogens (tertiary/aromatic N) is 4. The summed E-state index contributed by atoms with van der Waals surface area (Å²) < 4.78 is 3.34. The molecule has 148 valence electrons. The molecule has 0 bridgehead atoms. The first-order valence-corrected chi connectivity index (χ1v) is 10.7. The molecular formula is C20H25N5O2S. The van der Waals surface area contributed by atoms with Gasteiger partial charge in [-0.3, -0.25) is 18.6 Å². The number of carbonyl (C=O) groups is 1. The predicted molar refractivity (Wildman–Crippen MR) is 111 cm³/mol. The molecule has 0 aliphatic heterocycles. The van der Waals surface area contributed by atoms with Crippen LogP contribution in [0.25, 0.3) is 16.7 Å². The van der Waals surface area contributed by atoms with Crippen LogP contribution in [-0.2, 0) is 11.8 Å². The lowest BCUT2D eigenvalue weighted by molar-refractivity contribution is -0.120. The first-order valence-electron chi connectivity index (χ1n) is 9.72. The largest absolute Gasteiger partial charge is 0.352 e. The van der Waals surface area contributed by atoms with Crippen LogP contribution in [0.4, 0.5) is 0 Å². The quantitative estimate of drug-likeness (QED) is 0.682. The zero-order valence-electron chi connectivity index (χ0n) is 16.4. The van der Waals surface area contributed by atoms with Crippen molar-refractivity contribution in [1.82, 2.24) is 24.5 Å². The number of fused-ring (bicyclic) bond motifs is 3. The molecule has 2 heterocycles. The minimum atomic E-state index is -0.106. The number of aromatic nitrogens is 4. The van der Waals surface area contributed by atoms with Crippen molar-refractivity contribution in [3.05, 3.63) is 34.6 Å². The summed E-state index contributed by atoms with van der Waals surface area (Å²) in [5, 5.41) is 12.8. The van der Waals surface area contributed by atoms with Crippen molar-refractivity contribution in [2.75, 3.05) is 5.75 Å². The fourth-order valence-corrected chi connectivity index (χ4v) is 4.82. The smallest absolute Gasteiger partial charge is 0.262 e. The molecule has 1 aromatic carbocycles. The Morgan fingerprint density at radius 2 is 2.04 bits per heavy atom. The average Bonchev–Trinajstić information content (AvgIpc) is 3.12. The zero-order valence-corrected chi connectivity index (χ0v) is 17.2.